The summed E-state index contributed by atoms with van der Waals surface area (Å²) < 4.78 is 84.3. The zero-order chi connectivity index (χ0) is 71.3. The van der Waals surface area contributed by atoms with Crippen molar-refractivity contribution in [2.24, 2.45) is 0 Å². The maximum Gasteiger partial charge on any atom is 0.469 e. The number of carbonyl (C=O) groups is 8. The maximum absolute atomic E-state index is 12.6. The molecule has 0 fully saturated rings. The molecule has 0 spiro atoms. The Balaban J connectivity index is 0. The smallest absolute Gasteiger partial charge is 0.466 e. The summed E-state index contributed by atoms with van der Waals surface area (Å²) in [7, 11) is -21.0. The number of hydrogen-bond acceptors (Lipinski definition) is 22. The fourth-order valence-corrected chi connectivity index (χ4v) is 45.0. The third kappa shape index (κ3) is 49.0. The minimum Gasteiger partial charge on any atom is -0.466 e. The quantitative estimate of drug-likeness (QED) is 0.0180. The zero-order valence-corrected chi connectivity index (χ0v) is 67.2. The van der Waals surface area contributed by atoms with Gasteiger partial charge in [0.15, 0.2) is 49.9 Å². The van der Waals surface area contributed by atoms with Gasteiger partial charge in [-0.05, 0) is 173 Å². The largest absolute Gasteiger partial charge is 0.469 e. The molecule has 0 heterocycles. The van der Waals surface area contributed by atoms with Crippen molar-refractivity contribution in [2.75, 3.05) is 52.9 Å². The van der Waals surface area contributed by atoms with Gasteiger partial charge < -0.3 is 62.6 Å². The fourth-order valence-electron chi connectivity index (χ4n) is 9.34. The van der Waals surface area contributed by atoms with Crippen molar-refractivity contribution in [3.05, 3.63) is 75.9 Å². The topological polar surface area (TPSA) is 266 Å². The lowest BCUT2D eigenvalue weighted by atomic mass is 10.2. The maximum atomic E-state index is 12.6. The molecule has 0 aliphatic carbocycles. The van der Waals surface area contributed by atoms with Crippen LogP contribution >= 0.6 is 0 Å². The second-order valence-corrected chi connectivity index (χ2v) is 58.6. The Kier molecular flexibility index (Phi) is 47.2. The van der Waals surface area contributed by atoms with E-state index in [2.05, 4.69) is 125 Å². The normalized spacial score (nSPS) is 12.2. The lowest BCUT2D eigenvalue weighted by Gasteiger charge is -2.45. The fraction of sp³-hybridized carbons (Fsp3) is 0.683. The summed E-state index contributed by atoms with van der Waals surface area (Å²) in [4.78, 5) is 93.3. The molecular weight excluding hydrogens is 1330 g/mol. The van der Waals surface area contributed by atoms with Crippen LogP contribution in [0.4, 0.5) is 0 Å². The van der Waals surface area contributed by atoms with Crippen molar-refractivity contribution in [2.45, 2.75) is 224 Å². The van der Waals surface area contributed by atoms with Crippen LogP contribution in [0.2, 0.25) is 127 Å². The van der Waals surface area contributed by atoms with Crippen LogP contribution < -0.4 is 0 Å². The molecule has 0 aliphatic rings. The van der Waals surface area contributed by atoms with Gasteiger partial charge in [0.1, 0.15) is 0 Å². The lowest BCUT2D eigenvalue weighted by Crippen LogP contribution is -2.62. The van der Waals surface area contributed by atoms with Gasteiger partial charge in [-0.25, -0.2) is 28.8 Å². The molecule has 0 aliphatic heterocycles. The first-order valence-electron chi connectivity index (χ1n) is 32.7. The average Bonchev–Trinajstić information content (AvgIpc) is 0.822. The van der Waals surface area contributed by atoms with Crippen molar-refractivity contribution in [1.82, 2.24) is 0 Å². The molecule has 0 saturated heterocycles. The van der Waals surface area contributed by atoms with Gasteiger partial charge in [-0.3, -0.25) is 9.59 Å². The van der Waals surface area contributed by atoms with Crippen LogP contribution in [0.1, 0.15) is 97.3 Å². The van der Waals surface area contributed by atoms with Crippen LogP contribution in [-0.4, -0.2) is 168 Å². The number of ether oxygens (including phenoxy) is 8. The van der Waals surface area contributed by atoms with Crippen molar-refractivity contribution in [3.63, 3.8) is 0 Å². The molecule has 0 aromatic carbocycles. The third-order valence-corrected chi connectivity index (χ3v) is 45.7. The van der Waals surface area contributed by atoms with E-state index in [1.54, 1.807) is 0 Å². The Bertz CT molecular complexity index is 2120. The molecule has 0 N–H and O–H groups in total. The summed E-state index contributed by atoms with van der Waals surface area (Å²) in [5.74, 6) is -3.32. The van der Waals surface area contributed by atoms with Gasteiger partial charge in [-0.15, -0.1) is 0 Å². The molecule has 22 nitrogen and oxygen atoms in total. The van der Waals surface area contributed by atoms with E-state index in [4.69, 9.17) is 62.6 Å². The van der Waals surface area contributed by atoms with E-state index in [-0.39, 0.29) is 51.4 Å². The third-order valence-electron chi connectivity index (χ3n) is 13.5. The van der Waals surface area contributed by atoms with E-state index in [1.807, 2.05) is 6.92 Å². The number of carbonyl (C=O) groups excluding carboxylic acids is 8. The highest BCUT2D eigenvalue weighted by atomic mass is 28.5. The van der Waals surface area contributed by atoms with Crippen LogP contribution in [0.25, 0.3) is 0 Å². The first-order valence-corrected chi connectivity index (χ1v) is 55.2. The second-order valence-electron chi connectivity index (χ2n) is 25.9. The standard InChI is InChI=1S/C36H66O13Si4.C27H52O9Si4/c1-11-21-35(40)45-23-17-24-46-36(41)22-15-16-31-53(47-50(5,6)28-18-25-42-32(37)12-2,48-51(7,8)29-19-26-43-33(38)13-3)49-52(9,10)30-20-27-44-34(39)14-4;1-11-21-40(34-37(5,6)22-15-18-31-25(28)12-2,35-38(7,8)23-16-19-32-26(29)13-3)36-39(9,10)24-17-20-33-27(30)14-4/h12-14H,2-4,11,15-31H2,1,5-10H3;12-14H,2-4,11,15-24H2,1,5-10H3. The Labute approximate surface area is 566 Å². The molecule has 0 rings (SSSR count). The van der Waals surface area contributed by atoms with Crippen LogP contribution in [0.3, 0.4) is 0 Å². The van der Waals surface area contributed by atoms with Crippen molar-refractivity contribution in [1.29, 1.82) is 0 Å². The van der Waals surface area contributed by atoms with E-state index in [9.17, 15) is 38.4 Å². The van der Waals surface area contributed by atoms with E-state index in [1.165, 1.54) is 0 Å². The highest BCUT2D eigenvalue weighted by Crippen LogP contribution is 2.37. The molecule has 30 heteroatoms. The van der Waals surface area contributed by atoms with Crippen LogP contribution in [-0.2, 0) is 101 Å². The van der Waals surface area contributed by atoms with Crippen molar-refractivity contribution >= 4 is 115 Å². The van der Waals surface area contributed by atoms with Crippen LogP contribution in [0.5, 0.6) is 0 Å². The summed E-state index contributed by atoms with van der Waals surface area (Å²) in [6.45, 7) is 52.2. The van der Waals surface area contributed by atoms with Gasteiger partial charge in [-0.1, -0.05) is 59.7 Å². The highest BCUT2D eigenvalue weighted by Gasteiger charge is 2.53. The minimum atomic E-state index is -3.48. The summed E-state index contributed by atoms with van der Waals surface area (Å²) >= 11 is 0. The van der Waals surface area contributed by atoms with E-state index in [0.29, 0.717) is 121 Å². The van der Waals surface area contributed by atoms with Gasteiger partial charge in [0.25, 0.3) is 0 Å². The van der Waals surface area contributed by atoms with Gasteiger partial charge in [0.2, 0.25) is 0 Å². The van der Waals surface area contributed by atoms with Crippen LogP contribution in [0.15, 0.2) is 75.9 Å². The first kappa shape index (κ1) is 90.8. The molecule has 0 amide bonds. The number of rotatable bonds is 55. The second kappa shape index (κ2) is 48.4. The molecule has 0 unspecified atom stereocenters. The van der Waals surface area contributed by atoms with Crippen molar-refractivity contribution in [3.8, 4) is 0 Å². The molecule has 0 atom stereocenters. The van der Waals surface area contributed by atoms with Crippen molar-refractivity contribution < 1.29 is 101 Å². The highest BCUT2D eigenvalue weighted by molar-refractivity contribution is 6.92. The Morgan fingerprint density at radius 1 is 0.258 bits per heavy atom. The van der Waals surface area contributed by atoms with Gasteiger partial charge in [0.05, 0.1) is 52.9 Å². The predicted octanol–water partition coefficient (Wildman–Crippen LogP) is 13.8. The molecular formula is C63H118O22Si8. The Morgan fingerprint density at radius 3 is 0.688 bits per heavy atom. The lowest BCUT2D eigenvalue weighted by molar-refractivity contribution is -0.147. The first-order chi connectivity index (χ1) is 43.4. The Morgan fingerprint density at radius 2 is 0.473 bits per heavy atom. The number of hydrogen-bond donors (Lipinski definition) is 0. The molecule has 534 valence electrons. The molecule has 0 aromatic rings. The molecule has 0 bridgehead atoms. The predicted molar refractivity (Wildman–Crippen MR) is 382 cm³/mol. The molecule has 0 aromatic heterocycles. The van der Waals surface area contributed by atoms with E-state index in [0.717, 1.165) is 61.0 Å². The van der Waals surface area contributed by atoms with Gasteiger partial charge in [0, 0.05) is 67.8 Å². The van der Waals surface area contributed by atoms with Gasteiger partial charge >= 0.3 is 65.4 Å². The summed E-state index contributed by atoms with van der Waals surface area (Å²) in [5.41, 5.74) is 0. The Hall–Kier alpha value is -4.30. The summed E-state index contributed by atoms with van der Waals surface area (Å²) in [5, 5.41) is 0. The van der Waals surface area contributed by atoms with E-state index >= 15 is 0 Å². The zero-order valence-electron chi connectivity index (χ0n) is 59.2. The summed E-state index contributed by atoms with van der Waals surface area (Å²) in [6, 6.07) is 5.54. The number of unbranched alkanes of at least 4 members (excludes halogenated alkanes) is 1. The van der Waals surface area contributed by atoms with Crippen LogP contribution in [0, 0.1) is 0 Å². The monoisotopic (exact) mass is 1450 g/mol. The molecule has 93 heavy (non-hydrogen) atoms. The van der Waals surface area contributed by atoms with E-state index < -0.39 is 103 Å². The van der Waals surface area contributed by atoms with Gasteiger partial charge in [-0.2, -0.15) is 0 Å². The minimum absolute atomic E-state index is 0.165. The molecule has 0 saturated carbocycles. The average molecular weight is 1450 g/mol. The summed E-state index contributed by atoms with van der Waals surface area (Å²) in [6.07, 6.45) is 14.4. The number of esters is 8. The SMILES string of the molecule is C=CC(=O)OCCC[Si](C)(C)O[Si](CCC)(O[Si](C)(C)CCCOC(=O)C=C)O[Si](C)(C)CCCOC(=O)C=C.C=CC(=O)OCCC[Si](C)(C)O[Si](CCCCC(=O)OCCCOC(=O)CCC)(O[Si](C)(C)CCCOC(=O)C=C)O[Si](C)(C)CCCOC(=O)C=C. The molecule has 0 radical (unpaired) electrons.